The molecule has 21 heavy (non-hydrogen) atoms. The average Bonchev–Trinajstić information content (AvgIpc) is 2.85. The maximum Gasteiger partial charge on any atom is 0.227 e. The molecule has 1 unspecified atom stereocenters. The van der Waals surface area contributed by atoms with Crippen molar-refractivity contribution in [3.05, 3.63) is 35.7 Å². The van der Waals surface area contributed by atoms with Crippen LogP contribution in [0.4, 0.5) is 0 Å². The van der Waals surface area contributed by atoms with Gasteiger partial charge in [-0.2, -0.15) is 0 Å². The lowest BCUT2D eigenvalue weighted by atomic mass is 9.97. The number of allylic oxidation sites excluding steroid dienone is 1. The van der Waals surface area contributed by atoms with Crippen LogP contribution in [0.1, 0.15) is 37.8 Å². The number of carbonyl (C=O) groups excluding carboxylic acids is 1. The molecule has 2 aliphatic rings. The Hall–Kier alpha value is -1.55. The lowest BCUT2D eigenvalue weighted by Gasteiger charge is -2.24. The van der Waals surface area contributed by atoms with Gasteiger partial charge in [0.05, 0.1) is 19.2 Å². The second kappa shape index (κ2) is 6.48. The minimum Gasteiger partial charge on any atom is -0.378 e. The van der Waals surface area contributed by atoms with Gasteiger partial charge in [0.2, 0.25) is 5.91 Å². The van der Waals surface area contributed by atoms with E-state index >= 15 is 0 Å². The lowest BCUT2D eigenvalue weighted by molar-refractivity contribution is -0.132. The highest BCUT2D eigenvalue weighted by Crippen LogP contribution is 2.22. The zero-order valence-corrected chi connectivity index (χ0v) is 12.8. The van der Waals surface area contributed by atoms with Crippen LogP contribution in [-0.4, -0.2) is 35.1 Å². The van der Waals surface area contributed by atoms with Crippen LogP contribution in [0, 0.1) is 0 Å². The minimum atomic E-state index is 0.0722. The summed E-state index contributed by atoms with van der Waals surface area (Å²) in [6, 6.07) is 4.14. The van der Waals surface area contributed by atoms with Gasteiger partial charge in [0, 0.05) is 32.0 Å². The highest BCUT2D eigenvalue weighted by molar-refractivity contribution is 5.78. The summed E-state index contributed by atoms with van der Waals surface area (Å²) in [5.74, 6) is 0.236. The SMILES string of the molecule is COC1CN(C(=O)CC2=CCCCC2)Cc2cccn2C1. The van der Waals surface area contributed by atoms with Gasteiger partial charge in [-0.05, 0) is 37.8 Å². The zero-order valence-electron chi connectivity index (χ0n) is 12.8. The summed E-state index contributed by atoms with van der Waals surface area (Å²) < 4.78 is 7.73. The number of carbonyl (C=O) groups is 1. The highest BCUT2D eigenvalue weighted by atomic mass is 16.5. The van der Waals surface area contributed by atoms with Gasteiger partial charge in [0.25, 0.3) is 0 Å². The van der Waals surface area contributed by atoms with Crippen molar-refractivity contribution < 1.29 is 9.53 Å². The van der Waals surface area contributed by atoms with Crippen molar-refractivity contribution in [2.45, 2.75) is 51.3 Å². The summed E-state index contributed by atoms with van der Waals surface area (Å²) in [6.07, 6.45) is 9.69. The monoisotopic (exact) mass is 288 g/mol. The molecule has 2 heterocycles. The lowest BCUT2D eigenvalue weighted by Crippen LogP contribution is -2.37. The minimum absolute atomic E-state index is 0.0722. The second-order valence-electron chi connectivity index (χ2n) is 6.07. The predicted molar refractivity (Wildman–Crippen MR) is 81.8 cm³/mol. The van der Waals surface area contributed by atoms with Gasteiger partial charge in [0.1, 0.15) is 0 Å². The van der Waals surface area contributed by atoms with Crippen LogP contribution < -0.4 is 0 Å². The first-order chi connectivity index (χ1) is 10.3. The zero-order chi connectivity index (χ0) is 14.7. The van der Waals surface area contributed by atoms with Gasteiger partial charge < -0.3 is 14.2 Å². The van der Waals surface area contributed by atoms with E-state index in [1.54, 1.807) is 7.11 Å². The molecule has 0 radical (unpaired) electrons. The Bertz CT molecular complexity index is 533. The van der Waals surface area contributed by atoms with Crippen LogP contribution in [0.3, 0.4) is 0 Å². The van der Waals surface area contributed by atoms with Crippen molar-refractivity contribution in [3.63, 3.8) is 0 Å². The molecule has 0 fully saturated rings. The van der Waals surface area contributed by atoms with E-state index in [1.165, 1.54) is 24.1 Å². The Balaban J connectivity index is 1.71. The van der Waals surface area contributed by atoms with E-state index in [0.717, 1.165) is 19.4 Å². The standard InChI is InChI=1S/C17H24N2O2/c1-21-16-12-18-9-5-8-15(18)11-19(13-16)17(20)10-14-6-3-2-4-7-14/h5-6,8-9,16H,2-4,7,10-13H2,1H3. The molecule has 1 aliphatic heterocycles. The van der Waals surface area contributed by atoms with Crippen LogP contribution in [0.5, 0.6) is 0 Å². The van der Waals surface area contributed by atoms with Gasteiger partial charge in [-0.3, -0.25) is 4.79 Å². The van der Waals surface area contributed by atoms with Crippen molar-refractivity contribution in [1.82, 2.24) is 9.47 Å². The molecule has 4 heteroatoms. The van der Waals surface area contributed by atoms with E-state index in [0.29, 0.717) is 19.5 Å². The van der Waals surface area contributed by atoms with Crippen molar-refractivity contribution in [1.29, 1.82) is 0 Å². The molecule has 4 nitrogen and oxygen atoms in total. The fraction of sp³-hybridized carbons (Fsp3) is 0.588. The van der Waals surface area contributed by atoms with Crippen LogP contribution in [-0.2, 0) is 22.6 Å². The summed E-state index contributed by atoms with van der Waals surface area (Å²) in [6.45, 7) is 2.20. The first-order valence-corrected chi connectivity index (χ1v) is 7.89. The Morgan fingerprint density at radius 2 is 2.29 bits per heavy atom. The number of nitrogens with zero attached hydrogens (tertiary/aromatic N) is 2. The number of fused-ring (bicyclic) bond motifs is 1. The number of aromatic nitrogens is 1. The Kier molecular flexibility index (Phi) is 4.44. The maximum atomic E-state index is 12.6. The van der Waals surface area contributed by atoms with Gasteiger partial charge in [0.15, 0.2) is 0 Å². The van der Waals surface area contributed by atoms with E-state index in [-0.39, 0.29) is 12.0 Å². The average molecular weight is 288 g/mol. The molecule has 3 rings (SSSR count). The van der Waals surface area contributed by atoms with Crippen LogP contribution in [0.25, 0.3) is 0 Å². The third-order valence-electron chi connectivity index (χ3n) is 4.55. The number of hydrogen-bond acceptors (Lipinski definition) is 2. The number of ether oxygens (including phenoxy) is 1. The van der Waals surface area contributed by atoms with Gasteiger partial charge in [-0.1, -0.05) is 11.6 Å². The number of hydrogen-bond donors (Lipinski definition) is 0. The largest absolute Gasteiger partial charge is 0.378 e. The highest BCUT2D eigenvalue weighted by Gasteiger charge is 2.25. The van der Waals surface area contributed by atoms with Crippen molar-refractivity contribution in [3.8, 4) is 0 Å². The van der Waals surface area contributed by atoms with E-state index in [9.17, 15) is 4.79 Å². The Morgan fingerprint density at radius 3 is 3.05 bits per heavy atom. The molecule has 1 amide bonds. The summed E-state index contributed by atoms with van der Waals surface area (Å²) in [4.78, 5) is 14.6. The molecule has 1 atom stereocenters. The first kappa shape index (κ1) is 14.4. The number of rotatable bonds is 3. The second-order valence-corrected chi connectivity index (χ2v) is 6.07. The van der Waals surface area contributed by atoms with E-state index in [1.807, 2.05) is 11.0 Å². The molecule has 0 saturated heterocycles. The molecule has 1 aromatic heterocycles. The van der Waals surface area contributed by atoms with E-state index in [4.69, 9.17) is 4.74 Å². The molecule has 114 valence electrons. The molecule has 1 aliphatic carbocycles. The van der Waals surface area contributed by atoms with Gasteiger partial charge >= 0.3 is 0 Å². The van der Waals surface area contributed by atoms with Crippen molar-refractivity contribution in [2.24, 2.45) is 0 Å². The maximum absolute atomic E-state index is 12.6. The van der Waals surface area contributed by atoms with E-state index < -0.39 is 0 Å². The van der Waals surface area contributed by atoms with Crippen LogP contribution in [0.2, 0.25) is 0 Å². The summed E-state index contributed by atoms with van der Waals surface area (Å²) >= 11 is 0. The molecule has 0 saturated carbocycles. The third-order valence-corrected chi connectivity index (χ3v) is 4.55. The first-order valence-electron chi connectivity index (χ1n) is 7.89. The van der Waals surface area contributed by atoms with Crippen molar-refractivity contribution in [2.75, 3.05) is 13.7 Å². The topological polar surface area (TPSA) is 34.5 Å². The molecular formula is C17H24N2O2. The van der Waals surface area contributed by atoms with Crippen LogP contribution >= 0.6 is 0 Å². The smallest absolute Gasteiger partial charge is 0.227 e. The third kappa shape index (κ3) is 3.38. The summed E-state index contributed by atoms with van der Waals surface area (Å²) in [7, 11) is 1.73. The molecule has 0 aromatic carbocycles. The summed E-state index contributed by atoms with van der Waals surface area (Å²) in [5, 5.41) is 0. The molecule has 1 aromatic rings. The number of amides is 1. The Morgan fingerprint density at radius 1 is 1.38 bits per heavy atom. The Labute approximate surface area is 126 Å². The normalized spacial score (nSPS) is 22.4. The molecule has 0 bridgehead atoms. The van der Waals surface area contributed by atoms with E-state index in [2.05, 4.69) is 22.9 Å². The molecule has 0 N–H and O–H groups in total. The molecule has 0 spiro atoms. The fourth-order valence-electron chi connectivity index (χ4n) is 3.26. The molecular weight excluding hydrogens is 264 g/mol. The fourth-order valence-corrected chi connectivity index (χ4v) is 3.26. The van der Waals surface area contributed by atoms with Gasteiger partial charge in [-0.25, -0.2) is 0 Å². The number of methoxy groups -OCH3 is 1. The van der Waals surface area contributed by atoms with Crippen LogP contribution in [0.15, 0.2) is 30.0 Å². The predicted octanol–water partition coefficient (Wildman–Crippen LogP) is 2.74. The quantitative estimate of drug-likeness (QED) is 0.802. The van der Waals surface area contributed by atoms with Gasteiger partial charge in [-0.15, -0.1) is 0 Å². The van der Waals surface area contributed by atoms with Crippen molar-refractivity contribution >= 4 is 5.91 Å². The summed E-state index contributed by atoms with van der Waals surface area (Å²) in [5.41, 5.74) is 2.51.